The standard InChI is InChI=1S/C21H16N2O/c1-13-10-11-17(15-7-3-2-6-14(13)15)20-12-18(21(22)24)16-8-4-5-9-19(16)23-20/h2-12H,1H3,(H2,22,24). The van der Waals surface area contributed by atoms with Crippen LogP contribution in [0.25, 0.3) is 32.9 Å². The second-order valence-corrected chi connectivity index (χ2v) is 5.91. The van der Waals surface area contributed by atoms with E-state index in [0.717, 1.165) is 27.5 Å². The van der Waals surface area contributed by atoms with Crippen LogP contribution in [0.2, 0.25) is 0 Å². The minimum Gasteiger partial charge on any atom is -0.366 e. The Labute approximate surface area is 139 Å². The number of benzene rings is 3. The Balaban J connectivity index is 2.08. The molecule has 24 heavy (non-hydrogen) atoms. The second kappa shape index (κ2) is 5.46. The molecule has 0 saturated carbocycles. The average molecular weight is 312 g/mol. The van der Waals surface area contributed by atoms with Crippen LogP contribution in [0.1, 0.15) is 15.9 Å². The molecule has 0 saturated heterocycles. The lowest BCUT2D eigenvalue weighted by molar-refractivity contribution is 0.100. The quantitative estimate of drug-likeness (QED) is 0.594. The predicted molar refractivity (Wildman–Crippen MR) is 97.9 cm³/mol. The number of carbonyl (C=O) groups is 1. The van der Waals surface area contributed by atoms with E-state index in [0.29, 0.717) is 5.56 Å². The summed E-state index contributed by atoms with van der Waals surface area (Å²) < 4.78 is 0. The van der Waals surface area contributed by atoms with Gasteiger partial charge < -0.3 is 5.73 Å². The highest BCUT2D eigenvalue weighted by Gasteiger charge is 2.13. The molecule has 0 atom stereocenters. The molecule has 1 heterocycles. The molecule has 3 aromatic carbocycles. The van der Waals surface area contributed by atoms with Crippen molar-refractivity contribution >= 4 is 27.6 Å². The van der Waals surface area contributed by atoms with Gasteiger partial charge in [0.15, 0.2) is 0 Å². The molecule has 0 fully saturated rings. The number of pyridine rings is 1. The molecule has 0 bridgehead atoms. The number of nitrogens with zero attached hydrogens (tertiary/aromatic N) is 1. The van der Waals surface area contributed by atoms with Crippen molar-refractivity contribution in [1.82, 2.24) is 4.98 Å². The summed E-state index contributed by atoms with van der Waals surface area (Å²) in [5.74, 6) is -0.439. The molecule has 116 valence electrons. The van der Waals surface area contributed by atoms with Gasteiger partial charge in [-0.15, -0.1) is 0 Å². The van der Waals surface area contributed by atoms with Crippen LogP contribution < -0.4 is 5.73 Å². The van der Waals surface area contributed by atoms with E-state index in [9.17, 15) is 4.79 Å². The van der Waals surface area contributed by atoms with E-state index >= 15 is 0 Å². The van der Waals surface area contributed by atoms with Crippen molar-refractivity contribution in [3.05, 3.63) is 77.9 Å². The van der Waals surface area contributed by atoms with Crippen LogP contribution in [-0.2, 0) is 0 Å². The van der Waals surface area contributed by atoms with Crippen LogP contribution in [0.15, 0.2) is 66.7 Å². The first kappa shape index (κ1) is 14.4. The van der Waals surface area contributed by atoms with Crippen molar-refractivity contribution in [3.63, 3.8) is 0 Å². The first-order valence-electron chi connectivity index (χ1n) is 7.83. The number of amides is 1. The van der Waals surface area contributed by atoms with E-state index in [1.54, 1.807) is 6.07 Å². The Kier molecular flexibility index (Phi) is 3.28. The third-order valence-electron chi connectivity index (χ3n) is 4.40. The van der Waals surface area contributed by atoms with E-state index in [1.165, 1.54) is 10.9 Å². The summed E-state index contributed by atoms with van der Waals surface area (Å²) in [4.78, 5) is 16.7. The Hall–Kier alpha value is -3.20. The van der Waals surface area contributed by atoms with Crippen LogP contribution in [0, 0.1) is 6.92 Å². The number of carbonyl (C=O) groups excluding carboxylic acids is 1. The topological polar surface area (TPSA) is 56.0 Å². The van der Waals surface area contributed by atoms with Crippen LogP contribution in [0.5, 0.6) is 0 Å². The molecule has 4 aromatic rings. The smallest absolute Gasteiger partial charge is 0.249 e. The molecule has 3 heteroatoms. The zero-order valence-electron chi connectivity index (χ0n) is 13.3. The van der Waals surface area contributed by atoms with Gasteiger partial charge in [0, 0.05) is 10.9 Å². The highest BCUT2D eigenvalue weighted by atomic mass is 16.1. The van der Waals surface area contributed by atoms with Gasteiger partial charge in [-0.25, -0.2) is 4.98 Å². The van der Waals surface area contributed by atoms with Gasteiger partial charge >= 0.3 is 0 Å². The summed E-state index contributed by atoms with van der Waals surface area (Å²) in [7, 11) is 0. The normalized spacial score (nSPS) is 11.0. The number of nitrogens with two attached hydrogens (primary N) is 1. The molecule has 0 aliphatic carbocycles. The zero-order valence-corrected chi connectivity index (χ0v) is 13.3. The van der Waals surface area contributed by atoms with Crippen molar-refractivity contribution in [2.45, 2.75) is 6.92 Å². The number of aromatic nitrogens is 1. The number of rotatable bonds is 2. The Morgan fingerprint density at radius 3 is 2.29 bits per heavy atom. The molecular weight excluding hydrogens is 296 g/mol. The Bertz CT molecular complexity index is 1100. The van der Waals surface area contributed by atoms with Crippen LogP contribution in [-0.4, -0.2) is 10.9 Å². The molecule has 1 aromatic heterocycles. The van der Waals surface area contributed by atoms with Gasteiger partial charge in [0.25, 0.3) is 0 Å². The lowest BCUT2D eigenvalue weighted by atomic mass is 9.96. The molecule has 2 N–H and O–H groups in total. The van der Waals surface area contributed by atoms with Crippen molar-refractivity contribution in [1.29, 1.82) is 0 Å². The fourth-order valence-corrected chi connectivity index (χ4v) is 3.19. The summed E-state index contributed by atoms with van der Waals surface area (Å²) in [6.45, 7) is 2.09. The van der Waals surface area contributed by atoms with Gasteiger partial charge in [-0.1, -0.05) is 54.6 Å². The first-order valence-corrected chi connectivity index (χ1v) is 7.83. The highest BCUT2D eigenvalue weighted by molar-refractivity contribution is 6.07. The predicted octanol–water partition coefficient (Wildman–Crippen LogP) is 4.46. The largest absolute Gasteiger partial charge is 0.366 e. The number of aryl methyl sites for hydroxylation is 1. The summed E-state index contributed by atoms with van der Waals surface area (Å²) in [6, 6.07) is 21.7. The Morgan fingerprint density at radius 2 is 1.54 bits per heavy atom. The molecule has 4 rings (SSSR count). The highest BCUT2D eigenvalue weighted by Crippen LogP contribution is 2.31. The van der Waals surface area contributed by atoms with Crippen LogP contribution in [0.3, 0.4) is 0 Å². The maximum Gasteiger partial charge on any atom is 0.249 e. The van der Waals surface area contributed by atoms with Gasteiger partial charge in [0.05, 0.1) is 16.8 Å². The number of fused-ring (bicyclic) bond motifs is 2. The van der Waals surface area contributed by atoms with E-state index in [4.69, 9.17) is 10.7 Å². The summed E-state index contributed by atoms with van der Waals surface area (Å²) >= 11 is 0. The number of primary amides is 1. The third kappa shape index (κ3) is 2.22. The minimum atomic E-state index is -0.439. The molecule has 0 unspecified atom stereocenters. The maximum absolute atomic E-state index is 11.9. The van der Waals surface area contributed by atoms with E-state index in [2.05, 4.69) is 31.2 Å². The van der Waals surface area contributed by atoms with E-state index < -0.39 is 5.91 Å². The molecule has 0 aliphatic heterocycles. The van der Waals surface area contributed by atoms with E-state index in [1.807, 2.05) is 36.4 Å². The molecule has 1 amide bonds. The first-order chi connectivity index (χ1) is 11.6. The zero-order chi connectivity index (χ0) is 16.7. The summed E-state index contributed by atoms with van der Waals surface area (Å²) in [6.07, 6.45) is 0. The van der Waals surface area contributed by atoms with Gasteiger partial charge in [-0.05, 0) is 35.4 Å². The van der Waals surface area contributed by atoms with Crippen molar-refractivity contribution in [2.24, 2.45) is 5.73 Å². The van der Waals surface area contributed by atoms with Crippen molar-refractivity contribution in [3.8, 4) is 11.3 Å². The lowest BCUT2D eigenvalue weighted by Crippen LogP contribution is -2.12. The lowest BCUT2D eigenvalue weighted by Gasteiger charge is -2.11. The van der Waals surface area contributed by atoms with Gasteiger partial charge in [-0.2, -0.15) is 0 Å². The molecule has 0 aliphatic rings. The number of hydrogen-bond acceptors (Lipinski definition) is 2. The molecule has 0 spiro atoms. The average Bonchev–Trinajstić information content (AvgIpc) is 2.61. The number of hydrogen-bond donors (Lipinski definition) is 1. The SMILES string of the molecule is Cc1ccc(-c2cc(C(N)=O)c3ccccc3n2)c2ccccc12. The Morgan fingerprint density at radius 1 is 0.875 bits per heavy atom. The van der Waals surface area contributed by atoms with Gasteiger partial charge in [0.2, 0.25) is 5.91 Å². The maximum atomic E-state index is 11.9. The number of para-hydroxylation sites is 1. The fraction of sp³-hybridized carbons (Fsp3) is 0.0476. The minimum absolute atomic E-state index is 0.439. The fourth-order valence-electron chi connectivity index (χ4n) is 3.19. The monoisotopic (exact) mass is 312 g/mol. The van der Waals surface area contributed by atoms with E-state index in [-0.39, 0.29) is 0 Å². The third-order valence-corrected chi connectivity index (χ3v) is 4.40. The molecule has 3 nitrogen and oxygen atoms in total. The van der Waals surface area contributed by atoms with Crippen molar-refractivity contribution in [2.75, 3.05) is 0 Å². The van der Waals surface area contributed by atoms with Crippen LogP contribution >= 0.6 is 0 Å². The molecule has 0 radical (unpaired) electrons. The van der Waals surface area contributed by atoms with Crippen molar-refractivity contribution < 1.29 is 4.79 Å². The van der Waals surface area contributed by atoms with Gasteiger partial charge in [-0.3, -0.25) is 4.79 Å². The second-order valence-electron chi connectivity index (χ2n) is 5.91. The van der Waals surface area contributed by atoms with Crippen LogP contribution in [0.4, 0.5) is 0 Å². The summed E-state index contributed by atoms with van der Waals surface area (Å²) in [5, 5.41) is 3.09. The van der Waals surface area contributed by atoms with Gasteiger partial charge in [0.1, 0.15) is 0 Å². The molecular formula is C21H16N2O. The summed E-state index contributed by atoms with van der Waals surface area (Å²) in [5.41, 5.74) is 9.85.